The highest BCUT2D eigenvalue weighted by molar-refractivity contribution is 5.70. The predicted octanol–water partition coefficient (Wildman–Crippen LogP) is 9.56. The first kappa shape index (κ1) is 37.4. The van der Waals surface area contributed by atoms with Gasteiger partial charge in [-0.25, -0.2) is 0 Å². The number of esters is 2. The van der Waals surface area contributed by atoms with Gasteiger partial charge in [0.1, 0.15) is 6.61 Å². The van der Waals surface area contributed by atoms with Crippen LogP contribution in [0.25, 0.3) is 0 Å². The number of hydrogen-bond donors (Lipinski definition) is 1. The lowest BCUT2D eigenvalue weighted by atomic mass is 10.1. The highest BCUT2D eigenvalue weighted by atomic mass is 16.6. The van der Waals surface area contributed by atoms with Crippen LogP contribution in [0, 0.1) is 0 Å². The minimum absolute atomic E-state index is 0.0719. The van der Waals surface area contributed by atoms with Gasteiger partial charge in [0.2, 0.25) is 0 Å². The Hall–Kier alpha value is -1.62. The molecule has 0 rings (SSSR count). The molecule has 228 valence electrons. The average molecular weight is 551 g/mol. The van der Waals surface area contributed by atoms with Crippen LogP contribution in [0.15, 0.2) is 24.3 Å². The fraction of sp³-hybridized carbons (Fsp3) is 0.824. The highest BCUT2D eigenvalue weighted by Crippen LogP contribution is 2.12. The van der Waals surface area contributed by atoms with E-state index in [9.17, 15) is 14.7 Å². The molecule has 0 fully saturated rings. The van der Waals surface area contributed by atoms with Gasteiger partial charge in [-0.05, 0) is 57.8 Å². The zero-order valence-electron chi connectivity index (χ0n) is 25.6. The number of unbranched alkanes of at least 4 members (excludes halogenated alkanes) is 17. The maximum Gasteiger partial charge on any atom is 0.306 e. The lowest BCUT2D eigenvalue weighted by molar-refractivity contribution is -0.161. The fourth-order valence-corrected chi connectivity index (χ4v) is 4.43. The molecule has 0 aliphatic rings. The van der Waals surface area contributed by atoms with Gasteiger partial charge in [0.05, 0.1) is 6.61 Å². The molecule has 0 radical (unpaired) electrons. The second-order valence-electron chi connectivity index (χ2n) is 10.9. The van der Waals surface area contributed by atoms with Crippen molar-refractivity contribution < 1.29 is 24.2 Å². The number of allylic oxidation sites excluding steroid dienone is 4. The summed E-state index contributed by atoms with van der Waals surface area (Å²) < 4.78 is 10.5. The molecule has 0 aromatic rings. The Labute approximate surface area is 241 Å². The van der Waals surface area contributed by atoms with Crippen molar-refractivity contribution in [2.24, 2.45) is 0 Å². The second-order valence-corrected chi connectivity index (χ2v) is 10.9. The van der Waals surface area contributed by atoms with Gasteiger partial charge in [-0.2, -0.15) is 0 Å². The first-order valence-corrected chi connectivity index (χ1v) is 16.4. The summed E-state index contributed by atoms with van der Waals surface area (Å²) >= 11 is 0. The minimum atomic E-state index is -0.773. The number of aliphatic hydroxyl groups excluding tert-OH is 1. The molecule has 0 saturated heterocycles. The van der Waals surface area contributed by atoms with Crippen LogP contribution in [0.2, 0.25) is 0 Å². The van der Waals surface area contributed by atoms with E-state index in [0.29, 0.717) is 12.8 Å². The average Bonchev–Trinajstić information content (AvgIpc) is 2.94. The van der Waals surface area contributed by atoms with Gasteiger partial charge >= 0.3 is 11.9 Å². The molecule has 39 heavy (non-hydrogen) atoms. The molecule has 0 spiro atoms. The Bertz CT molecular complexity index is 598. The van der Waals surface area contributed by atoms with E-state index >= 15 is 0 Å². The first-order valence-electron chi connectivity index (χ1n) is 16.4. The third-order valence-corrected chi connectivity index (χ3v) is 6.95. The third kappa shape index (κ3) is 29.2. The molecule has 0 heterocycles. The normalized spacial score (nSPS) is 12.4. The number of ether oxygens (including phenoxy) is 2. The molecule has 0 aromatic carbocycles. The van der Waals surface area contributed by atoms with Crippen LogP contribution in [-0.4, -0.2) is 36.4 Å². The molecule has 0 saturated carbocycles. The summed E-state index contributed by atoms with van der Waals surface area (Å²) in [5.41, 5.74) is 0. The monoisotopic (exact) mass is 550 g/mol. The zero-order chi connectivity index (χ0) is 28.7. The number of aliphatic hydroxyl groups is 1. The zero-order valence-corrected chi connectivity index (χ0v) is 25.6. The number of carbonyl (C=O) groups is 2. The lowest BCUT2D eigenvalue weighted by Gasteiger charge is -2.15. The molecule has 0 bridgehead atoms. The van der Waals surface area contributed by atoms with Gasteiger partial charge in [0, 0.05) is 12.8 Å². The summed E-state index contributed by atoms with van der Waals surface area (Å²) in [5.74, 6) is -0.614. The highest BCUT2D eigenvalue weighted by Gasteiger charge is 2.16. The van der Waals surface area contributed by atoms with E-state index in [-0.39, 0.29) is 25.2 Å². The second kappa shape index (κ2) is 30.9. The van der Waals surface area contributed by atoms with Crippen LogP contribution in [0.3, 0.4) is 0 Å². The minimum Gasteiger partial charge on any atom is -0.462 e. The van der Waals surface area contributed by atoms with E-state index < -0.39 is 6.10 Å². The Morgan fingerprint density at radius 1 is 0.564 bits per heavy atom. The van der Waals surface area contributed by atoms with Crippen molar-refractivity contribution >= 4 is 11.9 Å². The topological polar surface area (TPSA) is 72.8 Å². The molecule has 5 heteroatoms. The first-order chi connectivity index (χ1) is 19.1. The number of rotatable bonds is 29. The van der Waals surface area contributed by atoms with Crippen molar-refractivity contribution in [3.63, 3.8) is 0 Å². The van der Waals surface area contributed by atoms with Crippen molar-refractivity contribution in [3.05, 3.63) is 24.3 Å². The van der Waals surface area contributed by atoms with Crippen LogP contribution >= 0.6 is 0 Å². The van der Waals surface area contributed by atoms with E-state index in [1.165, 1.54) is 77.0 Å². The lowest BCUT2D eigenvalue weighted by Crippen LogP contribution is -2.28. The molecule has 0 aliphatic carbocycles. The fourth-order valence-electron chi connectivity index (χ4n) is 4.43. The van der Waals surface area contributed by atoms with Gasteiger partial charge in [-0.15, -0.1) is 0 Å². The maximum absolute atomic E-state index is 12.1. The van der Waals surface area contributed by atoms with E-state index in [2.05, 4.69) is 38.2 Å². The molecule has 0 amide bonds. The Morgan fingerprint density at radius 3 is 1.49 bits per heavy atom. The quantitative estimate of drug-likeness (QED) is 0.0570. The van der Waals surface area contributed by atoms with E-state index in [1.807, 2.05) is 0 Å². The molecule has 1 N–H and O–H groups in total. The number of carbonyl (C=O) groups excluding carboxylic acids is 2. The Balaban J connectivity index is 3.60. The standard InChI is InChI=1S/C34H62O5/c1-3-5-7-9-11-13-15-16-17-18-19-21-23-25-27-29-34(37)39-32(30-35)31-38-33(36)28-26-24-22-20-14-12-10-8-6-4-2/h8,10,16-17,32,35H,3-7,9,11-15,18-31H2,1-2H3/b10-8-,17-16-. The van der Waals surface area contributed by atoms with Crippen LogP contribution < -0.4 is 0 Å². The Kier molecular flexibility index (Phi) is 29.6. The van der Waals surface area contributed by atoms with Gasteiger partial charge in [-0.1, -0.05) is 115 Å². The van der Waals surface area contributed by atoms with Gasteiger partial charge in [-0.3, -0.25) is 9.59 Å². The van der Waals surface area contributed by atoms with Crippen LogP contribution in [0.1, 0.15) is 162 Å². The van der Waals surface area contributed by atoms with E-state index in [0.717, 1.165) is 57.8 Å². The summed E-state index contributed by atoms with van der Waals surface area (Å²) in [6.07, 6.45) is 33.7. The van der Waals surface area contributed by atoms with Crippen molar-refractivity contribution in [3.8, 4) is 0 Å². The van der Waals surface area contributed by atoms with Crippen molar-refractivity contribution in [1.29, 1.82) is 0 Å². The summed E-state index contributed by atoms with van der Waals surface area (Å²) in [6, 6.07) is 0. The largest absolute Gasteiger partial charge is 0.462 e. The molecule has 0 aliphatic heterocycles. The SMILES string of the molecule is CCC/C=C\CCCCCCCC(=O)OCC(CO)OC(=O)CCCCCCC/C=C\CCCCCCCC. The molecule has 0 aromatic heterocycles. The molecular formula is C34H62O5. The third-order valence-electron chi connectivity index (χ3n) is 6.95. The van der Waals surface area contributed by atoms with Gasteiger partial charge < -0.3 is 14.6 Å². The summed E-state index contributed by atoms with van der Waals surface area (Å²) in [5, 5.41) is 9.48. The number of hydrogen-bond acceptors (Lipinski definition) is 5. The summed E-state index contributed by atoms with van der Waals surface area (Å²) in [4.78, 5) is 24.0. The van der Waals surface area contributed by atoms with Crippen LogP contribution in [0.4, 0.5) is 0 Å². The van der Waals surface area contributed by atoms with E-state index in [1.54, 1.807) is 0 Å². The smallest absolute Gasteiger partial charge is 0.306 e. The van der Waals surface area contributed by atoms with Crippen LogP contribution in [0.5, 0.6) is 0 Å². The van der Waals surface area contributed by atoms with Crippen LogP contribution in [-0.2, 0) is 19.1 Å². The molecule has 5 nitrogen and oxygen atoms in total. The van der Waals surface area contributed by atoms with Gasteiger partial charge in [0.15, 0.2) is 6.10 Å². The van der Waals surface area contributed by atoms with E-state index in [4.69, 9.17) is 9.47 Å². The van der Waals surface area contributed by atoms with Crippen molar-refractivity contribution in [1.82, 2.24) is 0 Å². The van der Waals surface area contributed by atoms with Crippen molar-refractivity contribution in [2.75, 3.05) is 13.2 Å². The van der Waals surface area contributed by atoms with Crippen molar-refractivity contribution in [2.45, 2.75) is 168 Å². The van der Waals surface area contributed by atoms with Gasteiger partial charge in [0.25, 0.3) is 0 Å². The molecule has 1 atom stereocenters. The molecule has 1 unspecified atom stereocenters. The summed E-state index contributed by atoms with van der Waals surface area (Å²) in [7, 11) is 0. The predicted molar refractivity (Wildman–Crippen MR) is 164 cm³/mol. The summed E-state index contributed by atoms with van der Waals surface area (Å²) in [6.45, 7) is 4.04. The Morgan fingerprint density at radius 2 is 1.00 bits per heavy atom. The molecular weight excluding hydrogens is 488 g/mol. The maximum atomic E-state index is 12.1.